The number of hydrogen-bond donors (Lipinski definition) is 1. The van der Waals surface area contributed by atoms with Gasteiger partial charge in [0, 0.05) is 11.8 Å². The molecule has 4 nitrogen and oxygen atoms in total. The Kier molecular flexibility index (Phi) is 5.56. The molecule has 1 heterocycles. The molecule has 0 aromatic rings. The van der Waals surface area contributed by atoms with Crippen LogP contribution in [0, 0.1) is 45.3 Å². The van der Waals surface area contributed by atoms with Crippen LogP contribution in [-0.2, 0) is 14.3 Å². The van der Waals surface area contributed by atoms with Gasteiger partial charge in [-0.25, -0.2) is 4.79 Å². The molecule has 5 rings (SSSR count). The van der Waals surface area contributed by atoms with Crippen LogP contribution in [0.3, 0.4) is 0 Å². The lowest BCUT2D eigenvalue weighted by atomic mass is 9.41. The van der Waals surface area contributed by atoms with Gasteiger partial charge in [-0.1, -0.05) is 53.2 Å². The second-order valence-electron chi connectivity index (χ2n) is 13.6. The molecule has 8 atom stereocenters. The predicted octanol–water partition coefficient (Wildman–Crippen LogP) is 6.03. The summed E-state index contributed by atoms with van der Waals surface area (Å²) in [7, 11) is 0. The van der Waals surface area contributed by atoms with Crippen LogP contribution in [0.25, 0.3) is 0 Å². The fourth-order valence-corrected chi connectivity index (χ4v) is 9.77. The fourth-order valence-electron chi connectivity index (χ4n) is 9.77. The number of carbonyl (C=O) groups is 2. The van der Waals surface area contributed by atoms with Crippen LogP contribution in [0.2, 0.25) is 0 Å². The van der Waals surface area contributed by atoms with Crippen LogP contribution in [-0.4, -0.2) is 29.6 Å². The third-order valence-corrected chi connectivity index (χ3v) is 12.0. The van der Waals surface area contributed by atoms with Crippen molar-refractivity contribution < 1.29 is 19.4 Å². The molecule has 3 fully saturated rings. The molecular weight excluding hydrogens is 424 g/mol. The van der Waals surface area contributed by atoms with Crippen molar-refractivity contribution in [3.05, 3.63) is 23.3 Å². The number of ketones is 1. The molecule has 0 aromatic carbocycles. The summed E-state index contributed by atoms with van der Waals surface area (Å²) in [4.78, 5) is 24.8. The molecule has 0 bridgehead atoms. The number of ether oxygens (including phenoxy) is 1. The molecule has 0 spiro atoms. The minimum Gasteiger partial charge on any atom is -0.455 e. The molecule has 4 aliphatic carbocycles. The van der Waals surface area contributed by atoms with Crippen molar-refractivity contribution in [2.24, 2.45) is 45.3 Å². The van der Waals surface area contributed by atoms with Gasteiger partial charge >= 0.3 is 5.97 Å². The van der Waals surface area contributed by atoms with Crippen molar-refractivity contribution in [1.82, 2.24) is 0 Å². The van der Waals surface area contributed by atoms with Gasteiger partial charge < -0.3 is 9.84 Å². The van der Waals surface area contributed by atoms with Crippen molar-refractivity contribution >= 4 is 11.8 Å². The quantitative estimate of drug-likeness (QED) is 0.404. The van der Waals surface area contributed by atoms with Crippen molar-refractivity contribution in [3.63, 3.8) is 0 Å². The lowest BCUT2D eigenvalue weighted by Crippen LogP contribution is -2.57. The van der Waals surface area contributed by atoms with Gasteiger partial charge in [0.2, 0.25) is 0 Å². The Morgan fingerprint density at radius 1 is 1.09 bits per heavy atom. The molecule has 0 radical (unpaired) electrons. The average molecular weight is 469 g/mol. The van der Waals surface area contributed by atoms with E-state index in [1.165, 1.54) is 25.7 Å². The van der Waals surface area contributed by atoms with Gasteiger partial charge in [0.05, 0.1) is 12.2 Å². The number of Topliss-reactive ketones (excluding diaryl/α,β-unsaturated/α-hetero) is 1. The second-order valence-corrected chi connectivity index (χ2v) is 13.6. The maximum atomic E-state index is 12.8. The SMILES string of the molecule is C[C@H](C[C@@H]1C=C(CO)C(=O)O1)[C@H]1CC[C@@]2(C)C3=CC[C@H]4C(C)(C)C(=O)CC[C@]4(C)[C@@H]3CC[C@]12C. The highest BCUT2D eigenvalue weighted by Gasteiger charge is 2.65. The highest BCUT2D eigenvalue weighted by atomic mass is 16.5. The predicted molar refractivity (Wildman–Crippen MR) is 133 cm³/mol. The van der Waals surface area contributed by atoms with E-state index in [2.05, 4.69) is 47.6 Å². The van der Waals surface area contributed by atoms with E-state index in [0.717, 1.165) is 25.7 Å². The van der Waals surface area contributed by atoms with Gasteiger partial charge in [0.15, 0.2) is 0 Å². The van der Waals surface area contributed by atoms with E-state index in [9.17, 15) is 14.7 Å². The van der Waals surface area contributed by atoms with Gasteiger partial charge in [-0.3, -0.25) is 4.79 Å². The van der Waals surface area contributed by atoms with E-state index in [1.54, 1.807) is 5.57 Å². The number of aliphatic hydroxyl groups excluding tert-OH is 1. The zero-order valence-corrected chi connectivity index (χ0v) is 22.1. The Balaban J connectivity index is 1.41. The van der Waals surface area contributed by atoms with E-state index >= 15 is 0 Å². The number of aliphatic hydroxyl groups is 1. The maximum Gasteiger partial charge on any atom is 0.336 e. The Morgan fingerprint density at radius 3 is 2.50 bits per heavy atom. The van der Waals surface area contributed by atoms with E-state index in [-0.39, 0.29) is 40.3 Å². The number of cyclic esters (lactones) is 1. The first-order chi connectivity index (χ1) is 15.9. The van der Waals surface area contributed by atoms with E-state index in [1.807, 2.05) is 6.08 Å². The fraction of sp³-hybridized carbons (Fsp3) is 0.800. The van der Waals surface area contributed by atoms with Gasteiger partial charge in [-0.05, 0) is 90.9 Å². The summed E-state index contributed by atoms with van der Waals surface area (Å²) in [5.74, 6) is 2.19. The van der Waals surface area contributed by atoms with Crippen LogP contribution < -0.4 is 0 Å². The summed E-state index contributed by atoms with van der Waals surface area (Å²) in [6.07, 6.45) is 12.8. The topological polar surface area (TPSA) is 63.6 Å². The summed E-state index contributed by atoms with van der Waals surface area (Å²) < 4.78 is 5.55. The summed E-state index contributed by atoms with van der Waals surface area (Å²) >= 11 is 0. The highest BCUT2D eigenvalue weighted by molar-refractivity contribution is 5.91. The zero-order chi connectivity index (χ0) is 24.7. The van der Waals surface area contributed by atoms with Crippen LogP contribution in [0.4, 0.5) is 0 Å². The van der Waals surface area contributed by atoms with Crippen LogP contribution >= 0.6 is 0 Å². The molecule has 5 aliphatic rings. The molecule has 4 heteroatoms. The zero-order valence-electron chi connectivity index (χ0n) is 22.1. The van der Waals surface area contributed by atoms with Gasteiger partial charge in [-0.2, -0.15) is 0 Å². The average Bonchev–Trinajstić information content (AvgIpc) is 3.27. The molecular formula is C30H44O4. The van der Waals surface area contributed by atoms with Gasteiger partial charge in [0.1, 0.15) is 11.9 Å². The number of fused-ring (bicyclic) bond motifs is 5. The van der Waals surface area contributed by atoms with Crippen LogP contribution in [0.5, 0.6) is 0 Å². The number of allylic oxidation sites excluding steroid dienone is 2. The maximum absolute atomic E-state index is 12.8. The van der Waals surface area contributed by atoms with Crippen molar-refractivity contribution in [2.45, 2.75) is 99.0 Å². The number of rotatable bonds is 4. The molecule has 34 heavy (non-hydrogen) atoms. The minimum atomic E-state index is -0.355. The first kappa shape index (κ1) is 24.3. The van der Waals surface area contributed by atoms with Crippen molar-refractivity contribution in [1.29, 1.82) is 0 Å². The Bertz CT molecular complexity index is 959. The number of carbonyl (C=O) groups excluding carboxylic acids is 2. The summed E-state index contributed by atoms with van der Waals surface area (Å²) in [6.45, 7) is 14.1. The van der Waals surface area contributed by atoms with Gasteiger partial charge in [-0.15, -0.1) is 0 Å². The molecule has 1 aliphatic heterocycles. The number of hydrogen-bond acceptors (Lipinski definition) is 4. The summed E-state index contributed by atoms with van der Waals surface area (Å²) in [5, 5.41) is 9.40. The normalized spacial score (nSPS) is 46.1. The molecule has 188 valence electrons. The number of esters is 1. The molecule has 0 saturated heterocycles. The van der Waals surface area contributed by atoms with Crippen molar-refractivity contribution in [3.8, 4) is 0 Å². The third-order valence-electron chi connectivity index (χ3n) is 12.0. The Labute approximate surface area is 205 Å². The smallest absolute Gasteiger partial charge is 0.336 e. The summed E-state index contributed by atoms with van der Waals surface area (Å²) in [5.41, 5.74) is 2.55. The first-order valence-corrected chi connectivity index (χ1v) is 13.6. The van der Waals surface area contributed by atoms with Crippen LogP contribution in [0.1, 0.15) is 92.9 Å². The molecule has 0 amide bonds. The first-order valence-electron chi connectivity index (χ1n) is 13.6. The van der Waals surface area contributed by atoms with E-state index < -0.39 is 0 Å². The standard InChI is InChI=1S/C30H44O4/c1-18(15-20-16-19(17-31)26(33)34-20)21-9-13-30(6)23-7-8-24-27(2,3)25(32)11-12-28(24,4)22(23)10-14-29(21,30)5/h7,16,18,20-22,24,31H,8-15,17H2,1-6H3/t18-,20-,21-,22-,24+,28-,29-,30+/m1/s1. The molecule has 1 N–H and O–H groups in total. The monoisotopic (exact) mass is 468 g/mol. The molecule has 0 unspecified atom stereocenters. The van der Waals surface area contributed by atoms with Crippen molar-refractivity contribution in [2.75, 3.05) is 6.61 Å². The third kappa shape index (κ3) is 3.12. The van der Waals surface area contributed by atoms with E-state index in [4.69, 9.17) is 4.74 Å². The highest BCUT2D eigenvalue weighted by Crippen LogP contribution is 2.73. The lowest BCUT2D eigenvalue weighted by Gasteiger charge is -2.63. The Hall–Kier alpha value is -1.42. The molecule has 3 saturated carbocycles. The Morgan fingerprint density at radius 2 is 1.82 bits per heavy atom. The largest absolute Gasteiger partial charge is 0.455 e. The lowest BCUT2D eigenvalue weighted by molar-refractivity contribution is -0.146. The van der Waals surface area contributed by atoms with E-state index in [0.29, 0.717) is 35.0 Å². The minimum absolute atomic E-state index is 0.201. The van der Waals surface area contributed by atoms with Crippen LogP contribution in [0.15, 0.2) is 23.3 Å². The molecule has 0 aromatic heterocycles. The summed E-state index contributed by atoms with van der Waals surface area (Å²) in [6, 6.07) is 0. The van der Waals surface area contributed by atoms with Gasteiger partial charge in [0.25, 0.3) is 0 Å². The second kappa shape index (κ2) is 7.79.